The number of ether oxygens (including phenoxy) is 3. The van der Waals surface area contributed by atoms with Crippen LogP contribution in [0.25, 0.3) is 0 Å². The quantitative estimate of drug-likeness (QED) is 0.328. The van der Waals surface area contributed by atoms with Gasteiger partial charge in [-0.05, 0) is 12.1 Å². The van der Waals surface area contributed by atoms with E-state index in [2.05, 4.69) is 14.7 Å². The van der Waals surface area contributed by atoms with Crippen LogP contribution in [0, 0.1) is 0 Å². The number of hydrogen-bond acceptors (Lipinski definition) is 7. The van der Waals surface area contributed by atoms with Crippen LogP contribution in [0.1, 0.15) is 34.7 Å². The van der Waals surface area contributed by atoms with Crippen molar-refractivity contribution in [3.05, 3.63) is 59.2 Å². The molecule has 4 rings (SSSR count). The second kappa shape index (κ2) is 13.5. The fraction of sp³-hybridized carbons (Fsp3) is 0.615. The van der Waals surface area contributed by atoms with Crippen LogP contribution in [-0.4, -0.2) is 96.8 Å². The number of aromatic nitrogens is 2. The summed E-state index contributed by atoms with van der Waals surface area (Å²) in [6.07, 6.45) is -25.9. The van der Waals surface area contributed by atoms with E-state index in [0.29, 0.717) is 12.1 Å². The van der Waals surface area contributed by atoms with Gasteiger partial charge in [0.1, 0.15) is 11.4 Å². The van der Waals surface area contributed by atoms with E-state index in [1.807, 2.05) is 0 Å². The van der Waals surface area contributed by atoms with E-state index >= 15 is 0 Å². The Hall–Kier alpha value is -2.74. The first kappa shape index (κ1) is 35.1. The van der Waals surface area contributed by atoms with E-state index in [4.69, 9.17) is 9.47 Å². The summed E-state index contributed by atoms with van der Waals surface area (Å²) in [4.78, 5) is 8.87. The lowest BCUT2D eigenvalue weighted by atomic mass is 10.1. The molecule has 0 aromatic carbocycles. The van der Waals surface area contributed by atoms with Gasteiger partial charge in [0.25, 0.3) is 0 Å². The van der Waals surface area contributed by atoms with Crippen molar-refractivity contribution in [3.8, 4) is 0 Å². The molecular weight excluding hydrogens is 644 g/mol. The summed E-state index contributed by atoms with van der Waals surface area (Å²) >= 11 is 0. The molecule has 2 fully saturated rings. The van der Waals surface area contributed by atoms with E-state index < -0.39 is 73.6 Å². The highest BCUT2D eigenvalue weighted by Gasteiger charge is 2.50. The monoisotopic (exact) mass is 670 g/mol. The fourth-order valence-electron chi connectivity index (χ4n) is 4.78. The number of pyridine rings is 2. The largest absolute Gasteiger partial charge is 0.433 e. The van der Waals surface area contributed by atoms with E-state index in [1.165, 1.54) is 0 Å². The smallest absolute Gasteiger partial charge is 0.371 e. The van der Waals surface area contributed by atoms with Crippen LogP contribution in [-0.2, 0) is 26.6 Å². The molecule has 0 unspecified atom stereocenters. The minimum atomic E-state index is -5.23. The molecule has 0 N–H and O–H groups in total. The zero-order valence-electron chi connectivity index (χ0n) is 23.0. The lowest BCUT2D eigenvalue weighted by Gasteiger charge is -2.38. The van der Waals surface area contributed by atoms with Crippen LogP contribution in [0.3, 0.4) is 0 Å². The first-order valence-electron chi connectivity index (χ1n) is 13.3. The van der Waals surface area contributed by atoms with Gasteiger partial charge in [-0.3, -0.25) is 19.8 Å². The van der Waals surface area contributed by atoms with Gasteiger partial charge in [-0.1, -0.05) is 12.1 Å². The predicted molar refractivity (Wildman–Crippen MR) is 130 cm³/mol. The highest BCUT2D eigenvalue weighted by Crippen LogP contribution is 2.34. The molecule has 2 aliphatic rings. The molecule has 2 aromatic rings. The topological polar surface area (TPSA) is 60.0 Å². The van der Waals surface area contributed by atoms with Crippen molar-refractivity contribution in [2.45, 2.75) is 49.1 Å². The second-order valence-electron chi connectivity index (χ2n) is 10.4. The normalized spacial score (nSPS) is 22.8. The maximum Gasteiger partial charge on any atom is 0.433 e. The lowest BCUT2D eigenvalue weighted by molar-refractivity contribution is -0.292. The van der Waals surface area contributed by atoms with E-state index in [0.717, 1.165) is 34.3 Å². The zero-order valence-corrected chi connectivity index (χ0v) is 23.0. The van der Waals surface area contributed by atoms with Crippen molar-refractivity contribution in [1.82, 2.24) is 19.8 Å². The highest BCUT2D eigenvalue weighted by molar-refractivity contribution is 5.20. The molecule has 2 aliphatic heterocycles. The molecule has 4 atom stereocenters. The van der Waals surface area contributed by atoms with Crippen molar-refractivity contribution in [2.75, 3.05) is 52.5 Å². The number of alkyl halides is 12. The van der Waals surface area contributed by atoms with Crippen molar-refractivity contribution in [2.24, 2.45) is 0 Å². The Bertz CT molecular complexity index is 1140. The summed E-state index contributed by atoms with van der Waals surface area (Å²) in [6.45, 7) is -3.18. The van der Waals surface area contributed by atoms with Crippen LogP contribution in [0.15, 0.2) is 36.7 Å². The average Bonchev–Trinajstić information content (AvgIpc) is 2.95. The average molecular weight is 670 g/mol. The van der Waals surface area contributed by atoms with Gasteiger partial charge in [0.05, 0.1) is 25.4 Å². The third kappa shape index (κ3) is 9.63. The van der Waals surface area contributed by atoms with Gasteiger partial charge in [-0.2, -0.15) is 52.7 Å². The Morgan fingerprint density at radius 1 is 0.644 bits per heavy atom. The molecule has 0 aliphatic carbocycles. The van der Waals surface area contributed by atoms with Crippen LogP contribution < -0.4 is 0 Å². The number of hydrogen-bond donors (Lipinski definition) is 0. The molecule has 7 nitrogen and oxygen atoms in total. The van der Waals surface area contributed by atoms with E-state index in [-0.39, 0.29) is 50.5 Å². The van der Waals surface area contributed by atoms with Crippen LogP contribution in [0.2, 0.25) is 0 Å². The maximum atomic E-state index is 14.0. The van der Waals surface area contributed by atoms with Crippen LogP contribution in [0.4, 0.5) is 52.7 Å². The summed E-state index contributed by atoms with van der Waals surface area (Å²) in [5.74, 6) is 0. The highest BCUT2D eigenvalue weighted by atomic mass is 19.4. The number of nitrogens with zero attached hydrogens (tertiary/aromatic N) is 4. The summed E-state index contributed by atoms with van der Waals surface area (Å²) in [6, 6.07) is 3.46. The van der Waals surface area contributed by atoms with Gasteiger partial charge in [-0.15, -0.1) is 0 Å². The summed E-state index contributed by atoms with van der Waals surface area (Å²) in [5, 5.41) is 0. The minimum absolute atomic E-state index is 0.122. The Labute approximate surface area is 248 Å². The van der Waals surface area contributed by atoms with Gasteiger partial charge in [-0.25, -0.2) is 0 Å². The molecule has 2 saturated heterocycles. The van der Waals surface area contributed by atoms with Crippen molar-refractivity contribution in [1.29, 1.82) is 0 Å². The number of morpholine rings is 2. The zero-order chi connectivity index (χ0) is 33.2. The van der Waals surface area contributed by atoms with E-state index in [1.54, 1.807) is 0 Å². The Morgan fingerprint density at radius 2 is 1.02 bits per heavy atom. The third-order valence-corrected chi connectivity index (χ3v) is 7.11. The predicted octanol–water partition coefficient (Wildman–Crippen LogP) is 5.84. The van der Waals surface area contributed by atoms with Gasteiger partial charge >= 0.3 is 24.7 Å². The number of halogens is 12. The molecule has 2 aromatic heterocycles. The molecule has 0 amide bonds. The molecular formula is C26H26F12N4O3. The number of rotatable bonds is 8. The van der Waals surface area contributed by atoms with Gasteiger partial charge in [0.2, 0.25) is 0 Å². The Morgan fingerprint density at radius 3 is 1.31 bits per heavy atom. The third-order valence-electron chi connectivity index (χ3n) is 7.11. The van der Waals surface area contributed by atoms with Crippen LogP contribution in [0.5, 0.6) is 0 Å². The molecule has 19 heteroatoms. The summed E-state index contributed by atoms with van der Waals surface area (Å²) in [7, 11) is 0. The standard InChI is InChI=1S/C26H26F12N4O3/c27-23(28,29)19-3-1-15(9-39-19)17-11-41(5-7-43-17)13-21(25(33,34)35)45-22(26(36,37)38)14-42-6-8-44-18(12-42)16-2-4-20(40-10-16)24(30,31)32/h1-4,9-10,17-18,21-22H,5-8,11-14H2/t17-,18-,21-,22-/m0/s1. The molecule has 45 heavy (non-hydrogen) atoms. The molecule has 0 bridgehead atoms. The van der Waals surface area contributed by atoms with Crippen molar-refractivity contribution >= 4 is 0 Å². The molecule has 252 valence electrons. The van der Waals surface area contributed by atoms with Crippen molar-refractivity contribution < 1.29 is 66.9 Å². The molecule has 0 spiro atoms. The molecule has 4 heterocycles. The van der Waals surface area contributed by atoms with Crippen LogP contribution >= 0.6 is 0 Å². The maximum absolute atomic E-state index is 14.0. The van der Waals surface area contributed by atoms with Crippen molar-refractivity contribution in [3.63, 3.8) is 0 Å². The summed E-state index contributed by atoms with van der Waals surface area (Å²) in [5.41, 5.74) is -2.11. The first-order chi connectivity index (χ1) is 20.8. The molecule has 0 saturated carbocycles. The second-order valence-corrected chi connectivity index (χ2v) is 10.4. The Kier molecular flexibility index (Phi) is 10.6. The summed E-state index contributed by atoms with van der Waals surface area (Å²) < 4.78 is 176. The fourth-order valence-corrected chi connectivity index (χ4v) is 4.78. The SMILES string of the molecule is FC(F)(F)c1ccc([C@@H]2CN(C[C@H](O[C@@H](CN3CCO[C@H](c4ccc(C(F)(F)F)nc4)C3)C(F)(F)F)C(F)(F)F)CCO2)cn1. The minimum Gasteiger partial charge on any atom is -0.371 e. The van der Waals surface area contributed by atoms with E-state index in [9.17, 15) is 52.7 Å². The lowest BCUT2D eigenvalue weighted by Crippen LogP contribution is -2.53. The Balaban J connectivity index is 1.42. The van der Waals surface area contributed by atoms with Gasteiger partial charge < -0.3 is 14.2 Å². The first-order valence-corrected chi connectivity index (χ1v) is 13.3. The van der Waals surface area contributed by atoms with Gasteiger partial charge in [0, 0.05) is 62.8 Å². The van der Waals surface area contributed by atoms with Gasteiger partial charge in [0.15, 0.2) is 12.2 Å². The molecule has 0 radical (unpaired) electrons.